The Morgan fingerprint density at radius 3 is 2.47 bits per heavy atom. The Labute approximate surface area is 188 Å². The fraction of sp³-hybridized carbons (Fsp3) is 0.300. The van der Waals surface area contributed by atoms with E-state index in [0.29, 0.717) is 21.9 Å². The monoisotopic (exact) mass is 480 g/mol. The maximum atomic E-state index is 13.1. The molecule has 9 nitrogen and oxygen atoms in total. The molecule has 0 fully saturated rings. The van der Waals surface area contributed by atoms with Crippen LogP contribution in [0.5, 0.6) is 0 Å². The molecule has 3 aromatic rings. The molecule has 1 heterocycles. The second kappa shape index (κ2) is 9.67. The molecule has 0 bridgehead atoms. The molecule has 0 aliphatic heterocycles. The Hall–Kier alpha value is -2.96. The van der Waals surface area contributed by atoms with Gasteiger partial charge in [0, 0.05) is 31.6 Å². The SMILES string of the molecule is CN(C)CCN(C(=O)CCS(=O)(=O)c1ccc(F)cc1)c1nc2ccc([N+](=O)[O-])cc2s1. The van der Waals surface area contributed by atoms with Gasteiger partial charge in [-0.1, -0.05) is 11.3 Å². The van der Waals surface area contributed by atoms with E-state index in [9.17, 15) is 27.7 Å². The summed E-state index contributed by atoms with van der Waals surface area (Å²) < 4.78 is 38.7. The number of benzene rings is 2. The van der Waals surface area contributed by atoms with E-state index in [1.807, 2.05) is 19.0 Å². The molecule has 0 unspecified atom stereocenters. The molecule has 0 saturated heterocycles. The van der Waals surface area contributed by atoms with Gasteiger partial charge in [0.25, 0.3) is 5.69 Å². The topological polar surface area (TPSA) is 114 Å². The van der Waals surface area contributed by atoms with Gasteiger partial charge in [0.05, 0.1) is 25.8 Å². The summed E-state index contributed by atoms with van der Waals surface area (Å²) in [6.45, 7) is 0.775. The molecule has 0 aliphatic carbocycles. The van der Waals surface area contributed by atoms with Crippen LogP contribution in [0.15, 0.2) is 47.4 Å². The van der Waals surface area contributed by atoms with Gasteiger partial charge in [-0.3, -0.25) is 19.8 Å². The van der Waals surface area contributed by atoms with E-state index in [4.69, 9.17) is 0 Å². The summed E-state index contributed by atoms with van der Waals surface area (Å²) in [6, 6.07) is 8.69. The van der Waals surface area contributed by atoms with Gasteiger partial charge in [0.2, 0.25) is 5.91 Å². The van der Waals surface area contributed by atoms with Gasteiger partial charge in [0.1, 0.15) is 5.82 Å². The summed E-state index contributed by atoms with van der Waals surface area (Å²) in [7, 11) is -0.102. The molecular formula is C20H21FN4O5S2. The van der Waals surface area contributed by atoms with Crippen molar-refractivity contribution in [2.24, 2.45) is 0 Å². The first-order valence-corrected chi connectivity index (χ1v) is 12.0. The lowest BCUT2D eigenvalue weighted by Gasteiger charge is -2.22. The highest BCUT2D eigenvalue weighted by Crippen LogP contribution is 2.31. The van der Waals surface area contributed by atoms with Gasteiger partial charge in [-0.2, -0.15) is 0 Å². The van der Waals surface area contributed by atoms with Crippen LogP contribution >= 0.6 is 11.3 Å². The van der Waals surface area contributed by atoms with Crippen molar-refractivity contribution in [1.29, 1.82) is 0 Å². The van der Waals surface area contributed by atoms with E-state index in [1.54, 1.807) is 0 Å². The van der Waals surface area contributed by atoms with Crippen molar-refractivity contribution in [3.63, 3.8) is 0 Å². The summed E-state index contributed by atoms with van der Waals surface area (Å²) in [4.78, 5) is 31.1. The summed E-state index contributed by atoms with van der Waals surface area (Å²) in [6.07, 6.45) is -0.288. The molecule has 0 spiro atoms. The number of nitro groups is 1. The van der Waals surface area contributed by atoms with Gasteiger partial charge in [0.15, 0.2) is 15.0 Å². The van der Waals surface area contributed by atoms with Crippen LogP contribution in [0.2, 0.25) is 0 Å². The van der Waals surface area contributed by atoms with Crippen molar-refractivity contribution in [3.8, 4) is 0 Å². The Kier molecular flexibility index (Phi) is 7.16. The molecule has 3 rings (SSSR count). The highest BCUT2D eigenvalue weighted by molar-refractivity contribution is 7.91. The molecule has 1 aromatic heterocycles. The number of halogens is 1. The van der Waals surface area contributed by atoms with Crippen LogP contribution in [-0.4, -0.2) is 62.1 Å². The highest BCUT2D eigenvalue weighted by Gasteiger charge is 2.24. The minimum absolute atomic E-state index is 0.0566. The first-order valence-electron chi connectivity index (χ1n) is 9.55. The van der Waals surface area contributed by atoms with Crippen molar-refractivity contribution in [2.45, 2.75) is 11.3 Å². The number of non-ortho nitro benzene ring substituents is 1. The Bertz CT molecular complexity index is 1240. The maximum absolute atomic E-state index is 13.1. The van der Waals surface area contributed by atoms with Gasteiger partial charge >= 0.3 is 0 Å². The first kappa shape index (κ1) is 23.7. The van der Waals surface area contributed by atoms with E-state index >= 15 is 0 Å². The largest absolute Gasteiger partial charge is 0.308 e. The van der Waals surface area contributed by atoms with E-state index < -0.39 is 32.2 Å². The lowest BCUT2D eigenvalue weighted by molar-refractivity contribution is -0.384. The third-order valence-corrected chi connectivity index (χ3v) is 7.40. The van der Waals surface area contributed by atoms with Crippen molar-refractivity contribution in [2.75, 3.05) is 37.8 Å². The number of fused-ring (bicyclic) bond motifs is 1. The van der Waals surface area contributed by atoms with E-state index in [0.717, 1.165) is 23.5 Å². The molecule has 1 amide bonds. The number of anilines is 1. The summed E-state index contributed by atoms with van der Waals surface area (Å²) in [5, 5.41) is 11.4. The normalized spacial score (nSPS) is 11.8. The Morgan fingerprint density at radius 2 is 1.84 bits per heavy atom. The predicted molar refractivity (Wildman–Crippen MR) is 120 cm³/mol. The third-order valence-electron chi connectivity index (χ3n) is 4.63. The predicted octanol–water partition coefficient (Wildman–Crippen LogP) is 3.10. The number of rotatable bonds is 9. The average molecular weight is 481 g/mol. The molecule has 170 valence electrons. The number of likely N-dealkylation sites (N-methyl/N-ethyl adjacent to an activating group) is 1. The van der Waals surface area contributed by atoms with E-state index in [1.165, 1.54) is 35.2 Å². The van der Waals surface area contributed by atoms with Gasteiger partial charge < -0.3 is 4.90 Å². The zero-order valence-corrected chi connectivity index (χ0v) is 19.0. The molecule has 32 heavy (non-hydrogen) atoms. The maximum Gasteiger partial charge on any atom is 0.270 e. The number of carbonyl (C=O) groups is 1. The van der Waals surface area contributed by atoms with Crippen LogP contribution in [0, 0.1) is 15.9 Å². The third kappa shape index (κ3) is 5.64. The minimum atomic E-state index is -3.78. The van der Waals surface area contributed by atoms with Crippen LogP contribution < -0.4 is 4.90 Å². The van der Waals surface area contributed by atoms with Crippen molar-refractivity contribution in [1.82, 2.24) is 9.88 Å². The second-order valence-electron chi connectivity index (χ2n) is 7.28. The molecule has 0 atom stereocenters. The van der Waals surface area contributed by atoms with Crippen molar-refractivity contribution < 1.29 is 22.5 Å². The second-order valence-corrected chi connectivity index (χ2v) is 10.4. The molecule has 12 heteroatoms. The Morgan fingerprint density at radius 1 is 1.16 bits per heavy atom. The number of thiazole rings is 1. The molecule has 0 aliphatic rings. The number of nitro benzene ring substituents is 1. The number of aromatic nitrogens is 1. The van der Waals surface area contributed by atoms with Crippen molar-refractivity contribution >= 4 is 48.1 Å². The van der Waals surface area contributed by atoms with E-state index in [2.05, 4.69) is 4.98 Å². The molecule has 0 saturated carbocycles. The number of carbonyl (C=O) groups excluding carboxylic acids is 1. The van der Waals surface area contributed by atoms with Gasteiger partial charge in [-0.05, 0) is 44.4 Å². The van der Waals surface area contributed by atoms with Crippen LogP contribution in [0.3, 0.4) is 0 Å². The van der Waals surface area contributed by atoms with E-state index in [-0.39, 0.29) is 23.5 Å². The van der Waals surface area contributed by atoms with Crippen LogP contribution in [0.4, 0.5) is 15.2 Å². The Balaban J connectivity index is 1.83. The number of sulfone groups is 1. The lowest BCUT2D eigenvalue weighted by atomic mass is 10.3. The number of hydrogen-bond acceptors (Lipinski definition) is 8. The number of amides is 1. The summed E-state index contributed by atoms with van der Waals surface area (Å²) in [5.41, 5.74) is 0.432. The van der Waals surface area contributed by atoms with Gasteiger partial charge in [-0.15, -0.1) is 0 Å². The van der Waals surface area contributed by atoms with Crippen molar-refractivity contribution in [3.05, 3.63) is 58.4 Å². The quantitative estimate of drug-likeness (QED) is 0.263. The fourth-order valence-corrected chi connectivity index (χ4v) is 5.15. The standard InChI is InChI=1S/C20H21FN4O5S2/c1-23(2)10-11-24(20-22-17-8-5-15(25(27)28)13-18(17)31-20)19(26)9-12-32(29,30)16-6-3-14(21)4-7-16/h3-8,13H,9-12H2,1-2H3. The average Bonchev–Trinajstić information content (AvgIpc) is 3.15. The van der Waals surface area contributed by atoms with Crippen LogP contribution in [-0.2, 0) is 14.6 Å². The fourth-order valence-electron chi connectivity index (χ4n) is 2.87. The lowest BCUT2D eigenvalue weighted by Crippen LogP contribution is -2.37. The highest BCUT2D eigenvalue weighted by atomic mass is 32.2. The number of hydrogen-bond donors (Lipinski definition) is 0. The molecule has 2 aromatic carbocycles. The van der Waals surface area contributed by atoms with Crippen LogP contribution in [0.1, 0.15) is 6.42 Å². The molecular weight excluding hydrogens is 459 g/mol. The first-order chi connectivity index (χ1) is 15.1. The molecule has 0 radical (unpaired) electrons. The smallest absolute Gasteiger partial charge is 0.270 e. The summed E-state index contributed by atoms with van der Waals surface area (Å²) in [5.74, 6) is -1.43. The van der Waals surface area contributed by atoms with Gasteiger partial charge in [-0.25, -0.2) is 17.8 Å². The molecule has 0 N–H and O–H groups in total. The zero-order chi connectivity index (χ0) is 23.5. The zero-order valence-electron chi connectivity index (χ0n) is 17.4. The summed E-state index contributed by atoms with van der Waals surface area (Å²) >= 11 is 1.13. The minimum Gasteiger partial charge on any atom is -0.308 e. The van der Waals surface area contributed by atoms with Crippen LogP contribution in [0.25, 0.3) is 10.2 Å². The number of nitrogens with zero attached hydrogens (tertiary/aromatic N) is 4.